The van der Waals surface area contributed by atoms with E-state index in [0.717, 1.165) is 0 Å². The molecule has 9 nitrogen and oxygen atoms in total. The molecule has 2 aromatic carbocycles. The lowest BCUT2D eigenvalue weighted by Crippen LogP contribution is -2.22. The van der Waals surface area contributed by atoms with Crippen LogP contribution in [0.15, 0.2) is 36.7 Å². The number of rotatable bonds is 7. The number of hydrogen-bond acceptors (Lipinski definition) is 7. The lowest BCUT2D eigenvalue weighted by molar-refractivity contribution is -0.114. The predicted molar refractivity (Wildman–Crippen MR) is 101 cm³/mol. The normalized spacial score (nSPS) is 10.4. The molecule has 0 aliphatic heterocycles. The number of nitrogens with zero attached hydrogens (tertiary/aromatic N) is 4. The Bertz CT molecular complexity index is 983. The van der Waals surface area contributed by atoms with Gasteiger partial charge in [-0.05, 0) is 28.6 Å². The molecule has 0 saturated heterocycles. The van der Waals surface area contributed by atoms with Gasteiger partial charge in [0.15, 0.2) is 0 Å². The summed E-state index contributed by atoms with van der Waals surface area (Å²) in [7, 11) is 2.91. The van der Waals surface area contributed by atoms with Gasteiger partial charge >= 0.3 is 0 Å². The van der Waals surface area contributed by atoms with E-state index in [2.05, 4.69) is 26.2 Å². The van der Waals surface area contributed by atoms with Gasteiger partial charge in [0.2, 0.25) is 5.91 Å². The summed E-state index contributed by atoms with van der Waals surface area (Å²) in [4.78, 5) is 12.3. The lowest BCUT2D eigenvalue weighted by Gasteiger charge is -2.14. The molecular formula is C17H16ClFN6O3. The van der Waals surface area contributed by atoms with Gasteiger partial charge in [-0.2, -0.15) is 0 Å². The maximum Gasteiger partial charge on any atom is 0.243 e. The number of benzene rings is 2. The Morgan fingerprint density at radius 3 is 2.64 bits per heavy atom. The van der Waals surface area contributed by atoms with Crippen LogP contribution in [-0.2, 0) is 4.79 Å². The Labute approximate surface area is 164 Å². The molecule has 0 radical (unpaired) electrons. The van der Waals surface area contributed by atoms with E-state index < -0.39 is 11.7 Å². The fourth-order valence-corrected chi connectivity index (χ4v) is 2.63. The molecule has 146 valence electrons. The summed E-state index contributed by atoms with van der Waals surface area (Å²) in [5, 5.41) is 16.6. The second kappa shape index (κ2) is 8.53. The van der Waals surface area contributed by atoms with E-state index in [0.29, 0.717) is 27.9 Å². The Morgan fingerprint density at radius 1 is 1.18 bits per heavy atom. The second-order valence-electron chi connectivity index (χ2n) is 5.51. The molecule has 0 bridgehead atoms. The summed E-state index contributed by atoms with van der Waals surface area (Å²) in [5.74, 6) is -0.192. The number of hydrogen-bond donors (Lipinski definition) is 2. The van der Waals surface area contributed by atoms with Crippen LogP contribution in [0.4, 0.5) is 15.8 Å². The molecule has 1 aromatic heterocycles. The van der Waals surface area contributed by atoms with Crippen LogP contribution in [0.1, 0.15) is 0 Å². The van der Waals surface area contributed by atoms with Gasteiger partial charge < -0.3 is 20.1 Å². The van der Waals surface area contributed by atoms with E-state index in [1.165, 1.54) is 55.6 Å². The topological polar surface area (TPSA) is 103 Å². The van der Waals surface area contributed by atoms with E-state index in [1.807, 2.05) is 0 Å². The van der Waals surface area contributed by atoms with Crippen molar-refractivity contribution in [3.63, 3.8) is 0 Å². The van der Waals surface area contributed by atoms with Crippen molar-refractivity contribution in [2.75, 3.05) is 31.4 Å². The van der Waals surface area contributed by atoms with Crippen molar-refractivity contribution in [2.24, 2.45) is 0 Å². The van der Waals surface area contributed by atoms with E-state index in [4.69, 9.17) is 21.1 Å². The number of halogens is 2. The number of anilines is 2. The average molecular weight is 407 g/mol. The first-order chi connectivity index (χ1) is 13.5. The van der Waals surface area contributed by atoms with Crippen LogP contribution in [0.2, 0.25) is 5.02 Å². The summed E-state index contributed by atoms with van der Waals surface area (Å²) in [5.41, 5.74) is 1.04. The molecule has 0 aliphatic carbocycles. The van der Waals surface area contributed by atoms with Crippen LogP contribution in [0.5, 0.6) is 11.5 Å². The number of ether oxygens (including phenoxy) is 2. The lowest BCUT2D eigenvalue weighted by atomic mass is 10.2. The van der Waals surface area contributed by atoms with Crippen molar-refractivity contribution in [1.29, 1.82) is 0 Å². The van der Waals surface area contributed by atoms with Crippen LogP contribution in [0.3, 0.4) is 0 Å². The van der Waals surface area contributed by atoms with Gasteiger partial charge in [-0.15, -0.1) is 5.10 Å². The molecule has 0 unspecified atom stereocenters. The summed E-state index contributed by atoms with van der Waals surface area (Å²) in [6, 6.07) is 7.33. The second-order valence-corrected chi connectivity index (χ2v) is 5.91. The molecule has 3 rings (SSSR count). The van der Waals surface area contributed by atoms with Crippen LogP contribution in [-0.4, -0.2) is 46.9 Å². The zero-order valence-electron chi connectivity index (χ0n) is 14.9. The third-order valence-corrected chi connectivity index (χ3v) is 4.05. The molecule has 2 N–H and O–H groups in total. The average Bonchev–Trinajstić information content (AvgIpc) is 3.23. The van der Waals surface area contributed by atoms with Gasteiger partial charge in [-0.25, -0.2) is 9.07 Å². The number of methoxy groups -OCH3 is 2. The Balaban J connectivity index is 1.71. The minimum atomic E-state index is -0.518. The molecular weight excluding hydrogens is 391 g/mol. The maximum absolute atomic E-state index is 14.0. The molecule has 1 amide bonds. The van der Waals surface area contributed by atoms with Crippen LogP contribution in [0.25, 0.3) is 5.69 Å². The van der Waals surface area contributed by atoms with Gasteiger partial charge in [0.25, 0.3) is 0 Å². The Hall–Kier alpha value is -3.40. The van der Waals surface area contributed by atoms with Crippen LogP contribution in [0, 0.1) is 5.82 Å². The summed E-state index contributed by atoms with van der Waals surface area (Å²) in [6.07, 6.45) is 1.38. The minimum absolute atomic E-state index is 0.129. The number of aromatic nitrogens is 4. The molecule has 0 saturated carbocycles. The number of amides is 1. The number of tetrazole rings is 1. The Kier molecular flexibility index (Phi) is 5.90. The summed E-state index contributed by atoms with van der Waals surface area (Å²) in [6.45, 7) is -0.190. The predicted octanol–water partition coefficient (Wildman–Crippen LogP) is 2.52. The third-order valence-electron chi connectivity index (χ3n) is 3.75. The largest absolute Gasteiger partial charge is 0.495 e. The monoisotopic (exact) mass is 406 g/mol. The first kappa shape index (κ1) is 19.4. The molecule has 0 fully saturated rings. The Morgan fingerprint density at radius 2 is 1.96 bits per heavy atom. The molecule has 1 heterocycles. The first-order valence-corrected chi connectivity index (χ1v) is 8.37. The maximum atomic E-state index is 14.0. The van der Waals surface area contributed by atoms with Gasteiger partial charge in [0.1, 0.15) is 23.6 Å². The van der Waals surface area contributed by atoms with Gasteiger partial charge in [-0.3, -0.25) is 4.79 Å². The third kappa shape index (κ3) is 4.29. The zero-order valence-corrected chi connectivity index (χ0v) is 15.7. The number of carbonyl (C=O) groups is 1. The summed E-state index contributed by atoms with van der Waals surface area (Å²) < 4.78 is 25.8. The summed E-state index contributed by atoms with van der Waals surface area (Å²) >= 11 is 6.04. The van der Waals surface area contributed by atoms with Gasteiger partial charge in [0.05, 0.1) is 42.8 Å². The van der Waals surface area contributed by atoms with Crippen molar-refractivity contribution in [3.8, 4) is 17.2 Å². The zero-order chi connectivity index (χ0) is 20.1. The van der Waals surface area contributed by atoms with Crippen molar-refractivity contribution in [2.45, 2.75) is 0 Å². The van der Waals surface area contributed by atoms with Crippen molar-refractivity contribution in [3.05, 3.63) is 47.5 Å². The molecule has 28 heavy (non-hydrogen) atoms. The number of carbonyl (C=O) groups excluding carboxylic acids is 1. The van der Waals surface area contributed by atoms with Crippen LogP contribution < -0.4 is 20.1 Å². The highest BCUT2D eigenvalue weighted by molar-refractivity contribution is 6.32. The highest BCUT2D eigenvalue weighted by Gasteiger charge is 2.13. The fraction of sp³-hybridized carbons (Fsp3) is 0.176. The van der Waals surface area contributed by atoms with Gasteiger partial charge in [0, 0.05) is 12.1 Å². The fourth-order valence-electron chi connectivity index (χ4n) is 2.40. The van der Waals surface area contributed by atoms with Crippen molar-refractivity contribution < 1.29 is 18.7 Å². The van der Waals surface area contributed by atoms with E-state index >= 15 is 0 Å². The number of nitrogens with one attached hydrogen (secondary N) is 2. The van der Waals surface area contributed by atoms with Crippen molar-refractivity contribution in [1.82, 2.24) is 20.2 Å². The molecule has 0 atom stereocenters. The highest BCUT2D eigenvalue weighted by atomic mass is 35.5. The SMILES string of the molecule is COc1cc(NC(=O)CNc2cc(-n3cnnn3)ccc2F)c(OC)cc1Cl. The molecule has 11 heteroatoms. The van der Waals surface area contributed by atoms with Crippen molar-refractivity contribution >= 4 is 28.9 Å². The molecule has 0 aliphatic rings. The van der Waals surface area contributed by atoms with E-state index in [9.17, 15) is 9.18 Å². The van der Waals surface area contributed by atoms with Crippen LogP contribution >= 0.6 is 11.6 Å². The highest BCUT2D eigenvalue weighted by Crippen LogP contribution is 2.35. The molecule has 0 spiro atoms. The molecule has 3 aromatic rings. The van der Waals surface area contributed by atoms with E-state index in [1.54, 1.807) is 0 Å². The minimum Gasteiger partial charge on any atom is -0.495 e. The van der Waals surface area contributed by atoms with Gasteiger partial charge in [-0.1, -0.05) is 11.6 Å². The quantitative estimate of drug-likeness (QED) is 0.621. The standard InChI is InChI=1S/C17H16ClFN6O3/c1-27-15-7-14(16(28-2)6-11(15)18)22-17(26)8-20-13-5-10(3-4-12(13)19)25-9-21-23-24-25/h3-7,9,20H,8H2,1-2H3,(H,22,26). The first-order valence-electron chi connectivity index (χ1n) is 8.00. The van der Waals surface area contributed by atoms with E-state index in [-0.39, 0.29) is 12.2 Å². The smallest absolute Gasteiger partial charge is 0.243 e.